The zero-order valence-electron chi connectivity index (χ0n) is 22.2. The summed E-state index contributed by atoms with van der Waals surface area (Å²) in [4.78, 5) is 13.5. The van der Waals surface area contributed by atoms with Crippen LogP contribution in [-0.2, 0) is 0 Å². The van der Waals surface area contributed by atoms with Gasteiger partial charge in [0.1, 0.15) is 34.3 Å². The van der Waals surface area contributed by atoms with Crippen LogP contribution >= 0.6 is 11.6 Å². The minimum absolute atomic E-state index is 0.245. The molecule has 1 aliphatic rings. The number of benzene rings is 3. The molecule has 0 unspecified atom stereocenters. The highest BCUT2D eigenvalue weighted by atomic mass is 35.5. The van der Waals surface area contributed by atoms with Crippen LogP contribution in [0.25, 0.3) is 0 Å². The molecule has 0 amide bonds. The van der Waals surface area contributed by atoms with Gasteiger partial charge in [0, 0.05) is 43.1 Å². The van der Waals surface area contributed by atoms with Crippen LogP contribution in [0.5, 0.6) is 5.75 Å². The standard InChI is InChI=1S/C30H29ClFN7O/c1-20(23-6-3-4-7-26(23)32)40-28-9-5-8-27(24(28)18-33)36-29-25(31)19-34-30(37-29)35-21-10-12-22(13-11-21)39-16-14-38(2)15-17-39/h3-13,19-20H,14-17H2,1-2H3,(H2,34,35,36,37)/t20-/m0/s1. The van der Waals surface area contributed by atoms with Crippen molar-refractivity contribution in [1.29, 1.82) is 5.26 Å². The summed E-state index contributed by atoms with van der Waals surface area (Å²) in [5, 5.41) is 16.6. The van der Waals surface area contributed by atoms with E-state index in [1.54, 1.807) is 43.3 Å². The number of anilines is 5. The SMILES string of the molecule is C[C@H](Oc1cccc(Nc2nc(Nc3ccc(N4CCN(C)CC4)cc3)ncc2Cl)c1C#N)c1ccccc1F. The molecule has 0 bridgehead atoms. The number of likely N-dealkylation sites (N-methyl/N-ethyl adjacent to an activating group) is 1. The van der Waals surface area contributed by atoms with Gasteiger partial charge in [-0.1, -0.05) is 35.9 Å². The van der Waals surface area contributed by atoms with Crippen molar-refractivity contribution >= 4 is 40.4 Å². The van der Waals surface area contributed by atoms with E-state index >= 15 is 0 Å². The average Bonchev–Trinajstić information content (AvgIpc) is 2.96. The molecule has 8 nitrogen and oxygen atoms in total. The second-order valence-corrected chi connectivity index (χ2v) is 9.96. The maximum absolute atomic E-state index is 14.3. The van der Waals surface area contributed by atoms with Crippen molar-refractivity contribution < 1.29 is 9.13 Å². The first-order valence-corrected chi connectivity index (χ1v) is 13.3. The van der Waals surface area contributed by atoms with Crippen LogP contribution in [0.4, 0.5) is 33.2 Å². The topological polar surface area (TPSA) is 89.3 Å². The minimum Gasteiger partial charge on any atom is -0.484 e. The molecule has 0 radical (unpaired) electrons. The summed E-state index contributed by atoms with van der Waals surface area (Å²) in [7, 11) is 2.14. The van der Waals surface area contributed by atoms with E-state index in [1.807, 2.05) is 12.1 Å². The summed E-state index contributed by atoms with van der Waals surface area (Å²) in [6.45, 7) is 5.81. The predicted molar refractivity (Wildman–Crippen MR) is 156 cm³/mol. The highest BCUT2D eigenvalue weighted by Crippen LogP contribution is 2.33. The summed E-state index contributed by atoms with van der Waals surface area (Å²) in [6, 6.07) is 21.8. The Morgan fingerprint density at radius 3 is 2.48 bits per heavy atom. The van der Waals surface area contributed by atoms with Gasteiger partial charge in [-0.25, -0.2) is 9.37 Å². The van der Waals surface area contributed by atoms with Gasteiger partial charge in [-0.05, 0) is 56.4 Å². The molecule has 1 aliphatic heterocycles. The van der Waals surface area contributed by atoms with Gasteiger partial charge in [-0.3, -0.25) is 0 Å². The number of ether oxygens (including phenoxy) is 1. The van der Waals surface area contributed by atoms with Crippen molar-refractivity contribution in [3.63, 3.8) is 0 Å². The normalized spacial score (nSPS) is 14.3. The molecular weight excluding hydrogens is 529 g/mol. The fraction of sp³-hybridized carbons (Fsp3) is 0.233. The molecule has 5 rings (SSSR count). The lowest BCUT2D eigenvalue weighted by Crippen LogP contribution is -2.44. The first kappa shape index (κ1) is 27.2. The molecule has 3 aromatic carbocycles. The summed E-state index contributed by atoms with van der Waals surface area (Å²) in [6.07, 6.45) is 0.884. The van der Waals surface area contributed by atoms with Crippen molar-refractivity contribution in [2.75, 3.05) is 48.8 Å². The first-order valence-electron chi connectivity index (χ1n) is 13.0. The van der Waals surface area contributed by atoms with Crippen molar-refractivity contribution in [2.24, 2.45) is 0 Å². The molecule has 0 spiro atoms. The van der Waals surface area contributed by atoms with Crippen molar-refractivity contribution in [3.05, 3.63) is 94.9 Å². The Bertz CT molecular complexity index is 1520. The Labute approximate surface area is 238 Å². The summed E-state index contributed by atoms with van der Waals surface area (Å²) >= 11 is 6.40. The lowest BCUT2D eigenvalue weighted by molar-refractivity contribution is 0.221. The molecule has 1 aromatic heterocycles. The van der Waals surface area contributed by atoms with Crippen LogP contribution in [0.3, 0.4) is 0 Å². The Morgan fingerprint density at radius 2 is 1.75 bits per heavy atom. The van der Waals surface area contributed by atoms with E-state index in [0.717, 1.165) is 31.9 Å². The molecule has 1 atom stereocenters. The van der Waals surface area contributed by atoms with Crippen LogP contribution in [0.1, 0.15) is 24.2 Å². The van der Waals surface area contributed by atoms with Crippen LogP contribution < -0.4 is 20.3 Å². The Hall–Kier alpha value is -4.39. The third kappa shape index (κ3) is 6.25. The maximum Gasteiger partial charge on any atom is 0.229 e. The van der Waals surface area contributed by atoms with Gasteiger partial charge >= 0.3 is 0 Å². The maximum atomic E-state index is 14.3. The molecule has 204 valence electrons. The molecular formula is C30H29ClFN7O. The molecule has 0 aliphatic carbocycles. The number of nitrogens with zero attached hydrogens (tertiary/aromatic N) is 5. The third-order valence-electron chi connectivity index (χ3n) is 6.77. The minimum atomic E-state index is -0.607. The molecule has 1 saturated heterocycles. The molecule has 0 saturated carbocycles. The molecule has 4 aromatic rings. The number of aromatic nitrogens is 2. The van der Waals surface area contributed by atoms with E-state index in [-0.39, 0.29) is 16.4 Å². The first-order chi connectivity index (χ1) is 19.4. The Morgan fingerprint density at radius 1 is 1.00 bits per heavy atom. The highest BCUT2D eigenvalue weighted by molar-refractivity contribution is 6.32. The van der Waals surface area contributed by atoms with E-state index in [1.165, 1.54) is 18.0 Å². The van der Waals surface area contributed by atoms with Gasteiger partial charge < -0.3 is 25.2 Å². The predicted octanol–water partition coefficient (Wildman–Crippen LogP) is 6.52. The van der Waals surface area contributed by atoms with Gasteiger partial charge in [0.15, 0.2) is 5.82 Å². The number of hydrogen-bond donors (Lipinski definition) is 2. The van der Waals surface area contributed by atoms with Gasteiger partial charge in [0.05, 0.1) is 11.9 Å². The van der Waals surface area contributed by atoms with Crippen LogP contribution in [0.2, 0.25) is 5.02 Å². The average molecular weight is 558 g/mol. The van der Waals surface area contributed by atoms with Crippen LogP contribution in [0, 0.1) is 17.1 Å². The molecule has 10 heteroatoms. The highest BCUT2D eigenvalue weighted by Gasteiger charge is 2.18. The lowest BCUT2D eigenvalue weighted by atomic mass is 10.1. The number of nitrogens with one attached hydrogen (secondary N) is 2. The molecule has 2 heterocycles. The fourth-order valence-corrected chi connectivity index (χ4v) is 4.64. The zero-order chi connectivity index (χ0) is 28.1. The summed E-state index contributed by atoms with van der Waals surface area (Å²) < 4.78 is 20.2. The van der Waals surface area contributed by atoms with E-state index in [2.05, 4.69) is 55.7 Å². The van der Waals surface area contributed by atoms with E-state index in [4.69, 9.17) is 16.3 Å². The van der Waals surface area contributed by atoms with Gasteiger partial charge in [0.25, 0.3) is 0 Å². The number of hydrogen-bond acceptors (Lipinski definition) is 8. The summed E-state index contributed by atoms with van der Waals surface area (Å²) in [5.74, 6) is 0.610. The quantitative estimate of drug-likeness (QED) is 0.253. The fourth-order valence-electron chi connectivity index (χ4n) is 4.50. The van der Waals surface area contributed by atoms with E-state index in [9.17, 15) is 9.65 Å². The Kier molecular flexibility index (Phi) is 8.29. The number of nitriles is 1. The largest absolute Gasteiger partial charge is 0.484 e. The monoisotopic (exact) mass is 557 g/mol. The number of rotatable bonds is 8. The Balaban J connectivity index is 1.31. The lowest BCUT2D eigenvalue weighted by Gasteiger charge is -2.34. The van der Waals surface area contributed by atoms with Crippen LogP contribution in [-0.4, -0.2) is 48.1 Å². The van der Waals surface area contributed by atoms with Crippen LogP contribution in [0.15, 0.2) is 72.9 Å². The van der Waals surface area contributed by atoms with Gasteiger partial charge in [0.2, 0.25) is 5.95 Å². The van der Waals surface area contributed by atoms with Gasteiger partial charge in [-0.2, -0.15) is 10.2 Å². The third-order valence-corrected chi connectivity index (χ3v) is 7.05. The smallest absolute Gasteiger partial charge is 0.229 e. The van der Waals surface area contributed by atoms with E-state index < -0.39 is 6.10 Å². The molecule has 40 heavy (non-hydrogen) atoms. The number of halogens is 2. The zero-order valence-corrected chi connectivity index (χ0v) is 23.0. The van der Waals surface area contributed by atoms with Crippen molar-refractivity contribution in [3.8, 4) is 11.8 Å². The van der Waals surface area contributed by atoms with E-state index in [0.29, 0.717) is 28.8 Å². The summed E-state index contributed by atoms with van der Waals surface area (Å²) in [5.41, 5.74) is 3.10. The van der Waals surface area contributed by atoms with Gasteiger partial charge in [-0.15, -0.1) is 0 Å². The second-order valence-electron chi connectivity index (χ2n) is 9.55. The second kappa shape index (κ2) is 12.2. The molecule has 1 fully saturated rings. The van der Waals surface area contributed by atoms with Crippen molar-refractivity contribution in [2.45, 2.75) is 13.0 Å². The molecule has 2 N–H and O–H groups in total. The number of piperazine rings is 1. The van der Waals surface area contributed by atoms with Crippen molar-refractivity contribution in [1.82, 2.24) is 14.9 Å².